The number of carboxylic acids is 1. The van der Waals surface area contributed by atoms with Crippen molar-refractivity contribution < 1.29 is 19.4 Å². The monoisotopic (exact) mass is 292 g/mol. The Balaban J connectivity index is 2.00. The lowest BCUT2D eigenvalue weighted by molar-refractivity contribution is -0.136. The van der Waals surface area contributed by atoms with Crippen LogP contribution in [0.5, 0.6) is 0 Å². The maximum absolute atomic E-state index is 12.3. The number of para-hydroxylation sites is 1. The van der Waals surface area contributed by atoms with Gasteiger partial charge in [-0.05, 0) is 24.5 Å². The minimum atomic E-state index is -0.846. The molecule has 2 rings (SSSR count). The first-order valence-corrected chi connectivity index (χ1v) is 7.10. The molecule has 6 heteroatoms. The van der Waals surface area contributed by atoms with Gasteiger partial charge in [0.05, 0.1) is 6.61 Å². The van der Waals surface area contributed by atoms with Crippen LogP contribution in [0.25, 0.3) is 0 Å². The molecule has 0 aliphatic carbocycles. The highest BCUT2D eigenvalue weighted by Crippen LogP contribution is 2.17. The normalized spacial score (nSPS) is 15.3. The standard InChI is InChI=1S/C15H20N2O4/c18-14(19)7-6-12-4-1-2-5-13(12)16-15(20)17-8-3-10-21-11-9-17/h1-2,4-5H,3,6-11H2,(H,16,20)(H,18,19). The highest BCUT2D eigenvalue weighted by Gasteiger charge is 2.16. The number of benzene rings is 1. The molecule has 1 aromatic rings. The van der Waals surface area contributed by atoms with E-state index in [0.717, 1.165) is 12.0 Å². The number of nitrogens with zero attached hydrogens (tertiary/aromatic N) is 1. The Morgan fingerprint density at radius 1 is 1.24 bits per heavy atom. The number of hydrogen-bond acceptors (Lipinski definition) is 3. The lowest BCUT2D eigenvalue weighted by atomic mass is 10.1. The third kappa shape index (κ3) is 4.75. The zero-order valence-corrected chi connectivity index (χ0v) is 11.9. The molecule has 1 aliphatic heterocycles. The number of rotatable bonds is 4. The summed E-state index contributed by atoms with van der Waals surface area (Å²) in [6.45, 7) is 2.47. The zero-order chi connectivity index (χ0) is 15.1. The summed E-state index contributed by atoms with van der Waals surface area (Å²) in [6.07, 6.45) is 1.27. The van der Waals surface area contributed by atoms with Gasteiger partial charge in [-0.3, -0.25) is 4.79 Å². The van der Waals surface area contributed by atoms with Crippen molar-refractivity contribution in [3.63, 3.8) is 0 Å². The van der Waals surface area contributed by atoms with Gasteiger partial charge in [-0.15, -0.1) is 0 Å². The van der Waals surface area contributed by atoms with Gasteiger partial charge in [0, 0.05) is 31.8 Å². The molecule has 1 heterocycles. The second kappa shape index (κ2) is 7.64. The van der Waals surface area contributed by atoms with Crippen LogP contribution >= 0.6 is 0 Å². The first-order valence-electron chi connectivity index (χ1n) is 7.10. The van der Waals surface area contributed by atoms with Crippen molar-refractivity contribution in [1.82, 2.24) is 4.90 Å². The van der Waals surface area contributed by atoms with Crippen molar-refractivity contribution in [2.24, 2.45) is 0 Å². The lowest BCUT2D eigenvalue weighted by Crippen LogP contribution is -2.36. The predicted molar refractivity (Wildman–Crippen MR) is 78.4 cm³/mol. The fraction of sp³-hybridized carbons (Fsp3) is 0.467. The average Bonchev–Trinajstić information content (AvgIpc) is 2.75. The molecule has 21 heavy (non-hydrogen) atoms. The number of anilines is 1. The third-order valence-corrected chi connectivity index (χ3v) is 3.38. The van der Waals surface area contributed by atoms with E-state index in [2.05, 4.69) is 5.32 Å². The molecule has 0 unspecified atom stereocenters. The SMILES string of the molecule is O=C(O)CCc1ccccc1NC(=O)N1CCCOCC1. The second-order valence-electron chi connectivity index (χ2n) is 4.93. The Kier molecular flexibility index (Phi) is 5.57. The largest absolute Gasteiger partial charge is 0.481 e. The number of urea groups is 1. The van der Waals surface area contributed by atoms with Gasteiger partial charge in [0.2, 0.25) is 0 Å². The summed E-state index contributed by atoms with van der Waals surface area (Å²) in [4.78, 5) is 24.7. The van der Waals surface area contributed by atoms with Crippen LogP contribution in [0, 0.1) is 0 Å². The van der Waals surface area contributed by atoms with Crippen molar-refractivity contribution in [2.45, 2.75) is 19.3 Å². The number of aryl methyl sites for hydroxylation is 1. The number of hydrogen-bond donors (Lipinski definition) is 2. The van der Waals surface area contributed by atoms with E-state index in [1.165, 1.54) is 0 Å². The lowest BCUT2D eigenvalue weighted by Gasteiger charge is -2.21. The van der Waals surface area contributed by atoms with Crippen molar-refractivity contribution >= 4 is 17.7 Å². The number of carbonyl (C=O) groups excluding carboxylic acids is 1. The summed E-state index contributed by atoms with van der Waals surface area (Å²) >= 11 is 0. The van der Waals surface area contributed by atoms with Crippen LogP contribution in [0.3, 0.4) is 0 Å². The van der Waals surface area contributed by atoms with E-state index in [1.54, 1.807) is 11.0 Å². The number of nitrogens with one attached hydrogen (secondary N) is 1. The molecule has 0 saturated carbocycles. The maximum atomic E-state index is 12.3. The number of ether oxygens (including phenoxy) is 1. The zero-order valence-electron chi connectivity index (χ0n) is 11.9. The minimum absolute atomic E-state index is 0.0461. The Labute approximate surface area is 123 Å². The molecule has 0 spiro atoms. The summed E-state index contributed by atoms with van der Waals surface area (Å²) in [7, 11) is 0. The Bertz CT molecular complexity index is 496. The summed E-state index contributed by atoms with van der Waals surface area (Å²) in [5.74, 6) is -0.846. The molecule has 6 nitrogen and oxygen atoms in total. The van der Waals surface area contributed by atoms with Crippen LogP contribution < -0.4 is 5.32 Å². The van der Waals surface area contributed by atoms with Crippen LogP contribution in [0.15, 0.2) is 24.3 Å². The van der Waals surface area contributed by atoms with Crippen molar-refractivity contribution in [1.29, 1.82) is 0 Å². The first-order chi connectivity index (χ1) is 10.2. The quantitative estimate of drug-likeness (QED) is 0.889. The molecule has 2 amide bonds. The third-order valence-electron chi connectivity index (χ3n) is 3.38. The van der Waals surface area contributed by atoms with Gasteiger partial charge in [-0.1, -0.05) is 18.2 Å². The Hall–Kier alpha value is -2.08. The fourth-order valence-corrected chi connectivity index (χ4v) is 2.25. The fourth-order valence-electron chi connectivity index (χ4n) is 2.25. The molecule has 0 atom stereocenters. The van der Waals surface area contributed by atoms with E-state index in [4.69, 9.17) is 9.84 Å². The van der Waals surface area contributed by atoms with Crippen LogP contribution in [0.2, 0.25) is 0 Å². The van der Waals surface area contributed by atoms with Gasteiger partial charge in [-0.25, -0.2) is 4.79 Å². The molecule has 1 fully saturated rings. The molecule has 0 bridgehead atoms. The number of carboxylic acid groups (broad SMARTS) is 1. The summed E-state index contributed by atoms with van der Waals surface area (Å²) in [6, 6.07) is 7.13. The topological polar surface area (TPSA) is 78.9 Å². The van der Waals surface area contributed by atoms with E-state index in [9.17, 15) is 9.59 Å². The van der Waals surface area contributed by atoms with Crippen molar-refractivity contribution in [2.75, 3.05) is 31.6 Å². The highest BCUT2D eigenvalue weighted by atomic mass is 16.5. The second-order valence-corrected chi connectivity index (χ2v) is 4.93. The first kappa shape index (κ1) is 15.3. The molecule has 2 N–H and O–H groups in total. The highest BCUT2D eigenvalue weighted by molar-refractivity contribution is 5.90. The number of aliphatic carboxylic acids is 1. The van der Waals surface area contributed by atoms with Gasteiger partial charge in [0.25, 0.3) is 0 Å². The molecule has 1 saturated heterocycles. The van der Waals surface area contributed by atoms with E-state index >= 15 is 0 Å². The number of amides is 2. The van der Waals surface area contributed by atoms with Gasteiger partial charge in [-0.2, -0.15) is 0 Å². The summed E-state index contributed by atoms with van der Waals surface area (Å²) in [5, 5.41) is 11.6. The van der Waals surface area contributed by atoms with E-state index in [-0.39, 0.29) is 12.5 Å². The van der Waals surface area contributed by atoms with Crippen LogP contribution in [0.1, 0.15) is 18.4 Å². The summed E-state index contributed by atoms with van der Waals surface area (Å²) < 4.78 is 5.33. The predicted octanol–water partition coefficient (Wildman–Crippen LogP) is 1.96. The van der Waals surface area contributed by atoms with Gasteiger partial charge >= 0.3 is 12.0 Å². The van der Waals surface area contributed by atoms with Crippen molar-refractivity contribution in [3.05, 3.63) is 29.8 Å². The van der Waals surface area contributed by atoms with Gasteiger partial charge in [0.1, 0.15) is 0 Å². The van der Waals surface area contributed by atoms with E-state index in [0.29, 0.717) is 38.4 Å². The molecule has 1 aliphatic rings. The molecule has 1 aromatic carbocycles. The molecule has 0 aromatic heterocycles. The van der Waals surface area contributed by atoms with Gasteiger partial charge < -0.3 is 20.1 Å². The Morgan fingerprint density at radius 3 is 2.86 bits per heavy atom. The van der Waals surface area contributed by atoms with Crippen molar-refractivity contribution in [3.8, 4) is 0 Å². The maximum Gasteiger partial charge on any atom is 0.321 e. The van der Waals surface area contributed by atoms with Crippen LogP contribution in [0.4, 0.5) is 10.5 Å². The Morgan fingerprint density at radius 2 is 2.05 bits per heavy atom. The molecule has 0 radical (unpaired) electrons. The van der Waals surface area contributed by atoms with Crippen LogP contribution in [-0.4, -0.2) is 48.3 Å². The summed E-state index contributed by atoms with van der Waals surface area (Å²) in [5.41, 5.74) is 1.51. The minimum Gasteiger partial charge on any atom is -0.481 e. The van der Waals surface area contributed by atoms with Gasteiger partial charge in [0.15, 0.2) is 0 Å². The average molecular weight is 292 g/mol. The smallest absolute Gasteiger partial charge is 0.321 e. The molecular weight excluding hydrogens is 272 g/mol. The number of carbonyl (C=O) groups is 2. The molecule has 114 valence electrons. The molecular formula is C15H20N2O4. The van der Waals surface area contributed by atoms with Crippen LogP contribution in [-0.2, 0) is 16.0 Å². The van der Waals surface area contributed by atoms with E-state index < -0.39 is 5.97 Å². The van der Waals surface area contributed by atoms with E-state index in [1.807, 2.05) is 18.2 Å².